The highest BCUT2D eigenvalue weighted by Gasteiger charge is 2.56. The topological polar surface area (TPSA) is 130 Å². The maximum atomic E-state index is 11.9. The molecule has 0 aromatic rings. The highest BCUT2D eigenvalue weighted by atomic mass is 17.1. The summed E-state index contributed by atoms with van der Waals surface area (Å²) in [6, 6.07) is 0. The summed E-state index contributed by atoms with van der Waals surface area (Å²) in [5.74, 6) is -6.68. The van der Waals surface area contributed by atoms with Gasteiger partial charge in [0.25, 0.3) is 0 Å². The Balaban J connectivity index is 2.39. The van der Waals surface area contributed by atoms with E-state index < -0.39 is 42.0 Å². The number of carboxylic acids is 1. The van der Waals surface area contributed by atoms with Gasteiger partial charge in [0.1, 0.15) is 11.8 Å². The van der Waals surface area contributed by atoms with Gasteiger partial charge in [-0.15, -0.1) is 0 Å². The fourth-order valence-electron chi connectivity index (χ4n) is 3.39. The molecule has 0 aromatic carbocycles. The molecule has 0 bridgehead atoms. The number of carboxylic acid groups (broad SMARTS) is 1. The predicted octanol–water partition coefficient (Wildman–Crippen LogP) is 2.53. The van der Waals surface area contributed by atoms with Crippen LogP contribution in [0.5, 0.6) is 0 Å². The molecule has 4 atom stereocenters. The van der Waals surface area contributed by atoms with Crippen LogP contribution in [-0.4, -0.2) is 45.6 Å². The van der Waals surface area contributed by atoms with Crippen LogP contribution in [0.2, 0.25) is 0 Å². The lowest BCUT2D eigenvalue weighted by Crippen LogP contribution is -2.39. The van der Waals surface area contributed by atoms with Gasteiger partial charge in [-0.1, -0.05) is 64.7 Å². The van der Waals surface area contributed by atoms with E-state index >= 15 is 0 Å². The lowest BCUT2D eigenvalue weighted by molar-refractivity contribution is -0.242. The molecule has 8 heteroatoms. The highest BCUT2D eigenvalue weighted by molar-refractivity contribution is 5.93. The van der Waals surface area contributed by atoms with Crippen LogP contribution in [0.4, 0.5) is 0 Å². The first kappa shape index (κ1) is 22.4. The minimum absolute atomic E-state index is 0.247. The number of esters is 1. The number of unbranched alkanes of at least 4 members (excludes halogenated alkanes) is 8. The van der Waals surface area contributed by atoms with Crippen LogP contribution in [0.15, 0.2) is 0 Å². The number of carbonyl (C=O) groups is 3. The largest absolute Gasteiger partial charge is 0.478 e. The van der Waals surface area contributed by atoms with Crippen molar-refractivity contribution in [1.82, 2.24) is 0 Å². The number of aliphatic hydroxyl groups is 1. The molecule has 1 aliphatic heterocycles. The molecule has 0 amide bonds. The molecule has 8 nitrogen and oxygen atoms in total. The number of carbonyl (C=O) groups excluding carboxylic acids is 2. The van der Waals surface area contributed by atoms with Crippen LogP contribution in [0, 0.1) is 11.8 Å². The summed E-state index contributed by atoms with van der Waals surface area (Å²) in [6.45, 7) is 2.18. The SMILES string of the molecule is CCCCCCCCCCCC(O)C1C(=O)OC(C(=O)O)C1C(=O)OO. The molecule has 1 saturated heterocycles. The van der Waals surface area contributed by atoms with E-state index in [1.54, 1.807) is 0 Å². The van der Waals surface area contributed by atoms with Crippen molar-refractivity contribution in [2.75, 3.05) is 0 Å². The van der Waals surface area contributed by atoms with Gasteiger partial charge in [-0.05, 0) is 6.42 Å². The zero-order valence-corrected chi connectivity index (χ0v) is 15.3. The smallest absolute Gasteiger partial charge is 0.350 e. The molecule has 0 radical (unpaired) electrons. The molecule has 1 fully saturated rings. The highest BCUT2D eigenvalue weighted by Crippen LogP contribution is 2.34. The Morgan fingerprint density at radius 2 is 1.62 bits per heavy atom. The van der Waals surface area contributed by atoms with Crippen molar-refractivity contribution in [1.29, 1.82) is 0 Å². The van der Waals surface area contributed by atoms with Crippen molar-refractivity contribution in [2.45, 2.75) is 83.3 Å². The quantitative estimate of drug-likeness (QED) is 0.194. The van der Waals surface area contributed by atoms with Crippen molar-refractivity contribution in [2.24, 2.45) is 11.8 Å². The summed E-state index contributed by atoms with van der Waals surface area (Å²) >= 11 is 0. The van der Waals surface area contributed by atoms with E-state index in [-0.39, 0.29) is 6.42 Å². The van der Waals surface area contributed by atoms with Gasteiger partial charge in [-0.25, -0.2) is 9.59 Å². The van der Waals surface area contributed by atoms with Crippen molar-refractivity contribution in [3.05, 3.63) is 0 Å². The van der Waals surface area contributed by atoms with E-state index in [2.05, 4.69) is 16.5 Å². The Morgan fingerprint density at radius 3 is 2.12 bits per heavy atom. The summed E-state index contributed by atoms with van der Waals surface area (Å²) < 4.78 is 4.67. The van der Waals surface area contributed by atoms with E-state index in [1.807, 2.05) is 0 Å². The van der Waals surface area contributed by atoms with Gasteiger partial charge in [0, 0.05) is 0 Å². The van der Waals surface area contributed by atoms with Gasteiger partial charge < -0.3 is 19.8 Å². The molecular weight excluding hydrogens is 344 g/mol. The maximum absolute atomic E-state index is 11.9. The minimum atomic E-state index is -1.76. The summed E-state index contributed by atoms with van der Waals surface area (Å²) in [7, 11) is 0. The second-order valence-electron chi connectivity index (χ2n) is 6.84. The van der Waals surface area contributed by atoms with E-state index in [0.29, 0.717) is 6.42 Å². The predicted molar refractivity (Wildman–Crippen MR) is 91.1 cm³/mol. The summed E-state index contributed by atoms with van der Waals surface area (Å²) in [5, 5.41) is 27.8. The monoisotopic (exact) mass is 374 g/mol. The van der Waals surface area contributed by atoms with Crippen LogP contribution < -0.4 is 0 Å². The maximum Gasteiger partial charge on any atom is 0.350 e. The second kappa shape index (κ2) is 11.9. The fourth-order valence-corrected chi connectivity index (χ4v) is 3.39. The van der Waals surface area contributed by atoms with Gasteiger partial charge in [-0.2, -0.15) is 5.26 Å². The van der Waals surface area contributed by atoms with E-state index in [1.165, 1.54) is 32.1 Å². The molecule has 150 valence electrons. The van der Waals surface area contributed by atoms with Crippen LogP contribution in [0.3, 0.4) is 0 Å². The summed E-state index contributed by atoms with van der Waals surface area (Å²) in [4.78, 5) is 38.2. The third-order valence-electron chi connectivity index (χ3n) is 4.85. The number of ether oxygens (including phenoxy) is 1. The van der Waals surface area contributed by atoms with Crippen molar-refractivity contribution < 1.29 is 39.5 Å². The third kappa shape index (κ3) is 6.57. The van der Waals surface area contributed by atoms with Gasteiger partial charge in [-0.3, -0.25) is 4.79 Å². The van der Waals surface area contributed by atoms with Crippen LogP contribution in [-0.2, 0) is 24.0 Å². The number of aliphatic carboxylic acids is 1. The number of cyclic esters (lactones) is 1. The average molecular weight is 374 g/mol. The Morgan fingerprint density at radius 1 is 1.08 bits per heavy atom. The third-order valence-corrected chi connectivity index (χ3v) is 4.85. The molecule has 0 aromatic heterocycles. The zero-order valence-electron chi connectivity index (χ0n) is 15.3. The van der Waals surface area contributed by atoms with Crippen LogP contribution >= 0.6 is 0 Å². The number of rotatable bonds is 13. The molecule has 0 spiro atoms. The van der Waals surface area contributed by atoms with Crippen molar-refractivity contribution in [3.8, 4) is 0 Å². The molecule has 1 aliphatic rings. The molecular formula is C18H30O8. The lowest BCUT2D eigenvalue weighted by Gasteiger charge is -2.19. The first-order chi connectivity index (χ1) is 12.4. The standard InChI is InChI=1S/C18H30O8/c1-2-3-4-5-6-7-8-9-10-11-12(19)13-14(18(23)26-24)15(16(20)21)25-17(13)22/h12-15,19,24H,2-11H2,1H3,(H,20,21). The fraction of sp³-hybridized carbons (Fsp3) is 0.833. The first-order valence-electron chi connectivity index (χ1n) is 9.40. The first-order valence-corrected chi connectivity index (χ1v) is 9.40. The van der Waals surface area contributed by atoms with Crippen molar-refractivity contribution in [3.63, 3.8) is 0 Å². The van der Waals surface area contributed by atoms with Gasteiger partial charge in [0.2, 0.25) is 6.10 Å². The normalized spacial score (nSPS) is 23.5. The van der Waals surface area contributed by atoms with E-state index in [4.69, 9.17) is 10.4 Å². The molecule has 0 saturated carbocycles. The van der Waals surface area contributed by atoms with Gasteiger partial charge in [0.15, 0.2) is 0 Å². The lowest BCUT2D eigenvalue weighted by atomic mass is 9.84. The van der Waals surface area contributed by atoms with E-state index in [9.17, 15) is 19.5 Å². The Hall–Kier alpha value is -1.67. The minimum Gasteiger partial charge on any atom is -0.478 e. The number of aliphatic hydroxyl groups excluding tert-OH is 1. The molecule has 1 rings (SSSR count). The van der Waals surface area contributed by atoms with Crippen LogP contribution in [0.25, 0.3) is 0 Å². The summed E-state index contributed by atoms with van der Waals surface area (Å²) in [5.41, 5.74) is 0. The average Bonchev–Trinajstić information content (AvgIpc) is 2.97. The summed E-state index contributed by atoms with van der Waals surface area (Å²) in [6.07, 6.45) is 7.08. The van der Waals surface area contributed by atoms with Crippen molar-refractivity contribution >= 4 is 17.9 Å². The Kier molecular flexibility index (Phi) is 10.2. The Bertz CT molecular complexity index is 464. The molecule has 26 heavy (non-hydrogen) atoms. The van der Waals surface area contributed by atoms with E-state index in [0.717, 1.165) is 19.3 Å². The van der Waals surface area contributed by atoms with Crippen LogP contribution in [0.1, 0.15) is 71.1 Å². The zero-order chi connectivity index (χ0) is 19.5. The second-order valence-corrected chi connectivity index (χ2v) is 6.84. The van der Waals surface area contributed by atoms with Gasteiger partial charge in [0.05, 0.1) is 6.10 Å². The molecule has 1 heterocycles. The number of hydrogen-bond acceptors (Lipinski definition) is 7. The molecule has 4 unspecified atom stereocenters. The molecule has 3 N–H and O–H groups in total. The Labute approximate surface area is 153 Å². The molecule has 0 aliphatic carbocycles. The number of hydrogen-bond donors (Lipinski definition) is 3. The van der Waals surface area contributed by atoms with Gasteiger partial charge >= 0.3 is 17.9 Å².